The Hall–Kier alpha value is -2.69. The van der Waals surface area contributed by atoms with Crippen molar-refractivity contribution in [3.63, 3.8) is 0 Å². The molecule has 166 valence electrons. The zero-order chi connectivity index (χ0) is 22.9. The molecule has 30 heavy (non-hydrogen) atoms. The van der Waals surface area contributed by atoms with Crippen molar-refractivity contribution in [2.75, 3.05) is 19.7 Å². The molecule has 0 radical (unpaired) electrons. The Bertz CT molecular complexity index is 908. The second-order valence-corrected chi connectivity index (χ2v) is 6.44. The molecule has 0 heterocycles. The maximum atomic E-state index is 13.1. The van der Waals surface area contributed by atoms with Crippen LogP contribution in [0.1, 0.15) is 19.4 Å². The number of hydrogen-bond acceptors (Lipinski definition) is 4. The number of hydrogen-bond donors (Lipinski definition) is 2. The van der Waals surface area contributed by atoms with Crippen LogP contribution < -0.4 is 4.74 Å². The molecule has 0 aliphatic heterocycles. The summed E-state index contributed by atoms with van der Waals surface area (Å²) < 4.78 is 83.9. The fraction of sp³-hybridized carbons (Fsp3) is 0.421. The molecule has 0 bridgehead atoms. The van der Waals surface area contributed by atoms with Crippen molar-refractivity contribution in [3.05, 3.63) is 35.9 Å². The summed E-state index contributed by atoms with van der Waals surface area (Å²) in [7, 11) is 0. The van der Waals surface area contributed by atoms with Gasteiger partial charge < -0.3 is 19.8 Å². The maximum absolute atomic E-state index is 13.1. The number of carbonyl (C=O) groups is 1. The molecule has 0 spiro atoms. The molecule has 11 heteroatoms. The van der Waals surface area contributed by atoms with Crippen LogP contribution in [0.4, 0.5) is 26.3 Å². The minimum Gasteiger partial charge on any atom is -0.508 e. The quantitative estimate of drug-likeness (QED) is 0.665. The maximum Gasteiger partial charge on any atom is 0.430 e. The summed E-state index contributed by atoms with van der Waals surface area (Å²) in [6.45, 7) is 4.17. The smallest absolute Gasteiger partial charge is 0.430 e. The number of phenolic OH excluding ortho intramolecular Hbond substituents is 1. The van der Waals surface area contributed by atoms with Crippen molar-refractivity contribution >= 4 is 16.7 Å². The molecule has 0 aliphatic rings. The third-order valence-electron chi connectivity index (χ3n) is 4.62. The first-order chi connectivity index (χ1) is 13.8. The molecule has 2 rings (SSSR count). The SMILES string of the molecule is CCN(CC)C(=O)COc1ccc2cc(C(O)(C(F)(F)F)C(F)(F)F)c(O)cc2c1. The number of likely N-dealkylation sites (N-methyl/N-ethyl adjacent to an activating group) is 1. The molecular weight excluding hydrogens is 420 g/mol. The van der Waals surface area contributed by atoms with E-state index in [1.54, 1.807) is 13.8 Å². The number of alkyl halides is 6. The Labute approximate surface area is 167 Å². The molecule has 0 unspecified atom stereocenters. The highest BCUT2D eigenvalue weighted by atomic mass is 19.4. The van der Waals surface area contributed by atoms with E-state index in [-0.39, 0.29) is 29.0 Å². The zero-order valence-corrected chi connectivity index (χ0v) is 15.9. The standard InChI is InChI=1S/C19H19F6NO4/c1-3-26(4-2)16(28)10-30-13-6-5-11-8-14(15(27)9-12(11)7-13)17(29,18(20,21)22)19(23,24)25/h5-9,27,29H,3-4,10H2,1-2H3. The number of nitrogens with zero attached hydrogens (tertiary/aromatic N) is 1. The number of rotatable bonds is 6. The van der Waals surface area contributed by atoms with Gasteiger partial charge in [-0.05, 0) is 48.9 Å². The van der Waals surface area contributed by atoms with Crippen LogP contribution in [0.5, 0.6) is 11.5 Å². The van der Waals surface area contributed by atoms with Crippen LogP contribution in [0.15, 0.2) is 30.3 Å². The molecule has 2 aromatic rings. The number of fused-ring (bicyclic) bond motifs is 1. The molecule has 5 nitrogen and oxygen atoms in total. The van der Waals surface area contributed by atoms with Gasteiger partial charge in [0.15, 0.2) is 6.61 Å². The molecule has 0 aliphatic carbocycles. The van der Waals surface area contributed by atoms with E-state index in [0.29, 0.717) is 25.2 Å². The molecule has 2 N–H and O–H groups in total. The summed E-state index contributed by atoms with van der Waals surface area (Å²) in [4.78, 5) is 13.5. The van der Waals surface area contributed by atoms with E-state index in [0.717, 1.165) is 6.07 Å². The first kappa shape index (κ1) is 23.6. The highest BCUT2D eigenvalue weighted by Crippen LogP contribution is 2.52. The third-order valence-corrected chi connectivity index (χ3v) is 4.62. The first-order valence-corrected chi connectivity index (χ1v) is 8.79. The van der Waals surface area contributed by atoms with Crippen molar-refractivity contribution in [3.8, 4) is 11.5 Å². The van der Waals surface area contributed by atoms with Crippen molar-refractivity contribution in [1.82, 2.24) is 4.90 Å². The summed E-state index contributed by atoms with van der Waals surface area (Å²) in [5.74, 6) is -1.58. The number of amides is 1. The van der Waals surface area contributed by atoms with Crippen molar-refractivity contribution < 1.29 is 46.1 Å². The minimum absolute atomic E-state index is 0.0516. The van der Waals surface area contributed by atoms with Gasteiger partial charge in [-0.1, -0.05) is 6.07 Å². The van der Waals surface area contributed by atoms with Crippen molar-refractivity contribution in [1.29, 1.82) is 0 Å². The Morgan fingerprint density at radius 2 is 1.53 bits per heavy atom. The largest absolute Gasteiger partial charge is 0.508 e. The van der Waals surface area contributed by atoms with Gasteiger partial charge in [0.1, 0.15) is 11.5 Å². The summed E-state index contributed by atoms with van der Waals surface area (Å²) in [5.41, 5.74) is -6.98. The number of ether oxygens (including phenoxy) is 1. The Balaban J connectivity index is 2.42. The van der Waals surface area contributed by atoms with E-state index in [2.05, 4.69) is 0 Å². The highest BCUT2D eigenvalue weighted by molar-refractivity contribution is 5.87. The number of aliphatic hydroxyl groups is 1. The average molecular weight is 439 g/mol. The summed E-state index contributed by atoms with van der Waals surface area (Å²) in [5, 5.41) is 19.3. The fourth-order valence-electron chi connectivity index (χ4n) is 2.92. The molecular formula is C19H19F6NO4. The predicted molar refractivity (Wildman–Crippen MR) is 95.0 cm³/mol. The number of benzene rings is 2. The molecule has 0 saturated heterocycles. The lowest BCUT2D eigenvalue weighted by Gasteiger charge is -2.33. The van der Waals surface area contributed by atoms with E-state index in [4.69, 9.17) is 4.74 Å². The summed E-state index contributed by atoms with van der Waals surface area (Å²) in [6.07, 6.45) is -12.2. The Morgan fingerprint density at radius 3 is 2.03 bits per heavy atom. The van der Waals surface area contributed by atoms with E-state index in [1.165, 1.54) is 17.0 Å². The van der Waals surface area contributed by atoms with Crippen LogP contribution >= 0.6 is 0 Å². The van der Waals surface area contributed by atoms with Gasteiger partial charge in [-0.15, -0.1) is 0 Å². The van der Waals surface area contributed by atoms with Crippen LogP contribution in [0, 0.1) is 0 Å². The molecule has 0 saturated carbocycles. The minimum atomic E-state index is -6.12. The number of carbonyl (C=O) groups excluding carboxylic acids is 1. The Kier molecular flexibility index (Phi) is 6.45. The third kappa shape index (κ3) is 4.25. The lowest BCUT2D eigenvalue weighted by Crippen LogP contribution is -2.53. The summed E-state index contributed by atoms with van der Waals surface area (Å²) in [6, 6.07) is 4.72. The van der Waals surface area contributed by atoms with Gasteiger partial charge in [-0.3, -0.25) is 4.79 Å². The van der Waals surface area contributed by atoms with E-state index in [9.17, 15) is 41.4 Å². The first-order valence-electron chi connectivity index (χ1n) is 8.79. The highest BCUT2D eigenvalue weighted by Gasteiger charge is 2.72. The fourth-order valence-corrected chi connectivity index (χ4v) is 2.92. The predicted octanol–water partition coefficient (Wildman–Crippen LogP) is 4.10. The molecule has 0 atom stereocenters. The average Bonchev–Trinajstić information content (AvgIpc) is 2.64. The number of aromatic hydroxyl groups is 1. The van der Waals surface area contributed by atoms with Crippen LogP contribution in [0.3, 0.4) is 0 Å². The molecule has 2 aromatic carbocycles. The van der Waals surface area contributed by atoms with Gasteiger partial charge in [0.05, 0.1) is 0 Å². The topological polar surface area (TPSA) is 70.0 Å². The monoisotopic (exact) mass is 439 g/mol. The lowest BCUT2D eigenvalue weighted by atomic mass is 9.89. The van der Waals surface area contributed by atoms with Gasteiger partial charge in [-0.2, -0.15) is 26.3 Å². The van der Waals surface area contributed by atoms with Crippen LogP contribution in [0.2, 0.25) is 0 Å². The Morgan fingerprint density at radius 1 is 0.967 bits per heavy atom. The van der Waals surface area contributed by atoms with Gasteiger partial charge in [-0.25, -0.2) is 0 Å². The second kappa shape index (κ2) is 8.21. The van der Waals surface area contributed by atoms with E-state index >= 15 is 0 Å². The molecule has 0 aromatic heterocycles. The van der Waals surface area contributed by atoms with E-state index < -0.39 is 29.3 Å². The van der Waals surface area contributed by atoms with Crippen molar-refractivity contribution in [2.45, 2.75) is 31.8 Å². The summed E-state index contributed by atoms with van der Waals surface area (Å²) >= 11 is 0. The van der Waals surface area contributed by atoms with Gasteiger partial charge in [0, 0.05) is 18.7 Å². The van der Waals surface area contributed by atoms with Gasteiger partial charge in [0.25, 0.3) is 11.5 Å². The second-order valence-electron chi connectivity index (χ2n) is 6.44. The molecule has 1 amide bonds. The van der Waals surface area contributed by atoms with Crippen LogP contribution in [-0.2, 0) is 10.4 Å². The van der Waals surface area contributed by atoms with Crippen molar-refractivity contribution in [2.24, 2.45) is 0 Å². The normalized spacial score (nSPS) is 12.8. The lowest BCUT2D eigenvalue weighted by molar-refractivity contribution is -0.376. The van der Waals surface area contributed by atoms with Gasteiger partial charge >= 0.3 is 12.4 Å². The zero-order valence-electron chi connectivity index (χ0n) is 15.9. The molecule has 0 fully saturated rings. The number of phenols is 1. The van der Waals surface area contributed by atoms with Crippen LogP contribution in [0.25, 0.3) is 10.8 Å². The van der Waals surface area contributed by atoms with E-state index in [1.807, 2.05) is 0 Å². The van der Waals surface area contributed by atoms with Crippen LogP contribution in [-0.4, -0.2) is 53.1 Å². The number of halogens is 6. The van der Waals surface area contributed by atoms with Gasteiger partial charge in [0.2, 0.25) is 0 Å².